The van der Waals surface area contributed by atoms with Crippen LogP contribution < -0.4 is 5.32 Å². The van der Waals surface area contributed by atoms with Crippen molar-refractivity contribution in [3.8, 4) is 0 Å². The van der Waals surface area contributed by atoms with Gasteiger partial charge in [-0.2, -0.15) is 0 Å². The van der Waals surface area contributed by atoms with E-state index >= 15 is 0 Å². The predicted molar refractivity (Wildman–Crippen MR) is 93.3 cm³/mol. The van der Waals surface area contributed by atoms with Crippen molar-refractivity contribution in [1.29, 1.82) is 0 Å². The summed E-state index contributed by atoms with van der Waals surface area (Å²) in [5, 5.41) is 2.59. The number of hydrogen-bond donors (Lipinski definition) is 1. The standard InChI is InChI=1S/C16H10FNOS3/c17-11-6-2-4-8-13(11)21-12-7-3-1-5-10(12)9-14-15(19)18-16(20)22-14/h1-9H,(H,18,19,20). The molecule has 1 amide bonds. The second kappa shape index (κ2) is 6.64. The Morgan fingerprint density at radius 3 is 2.45 bits per heavy atom. The summed E-state index contributed by atoms with van der Waals surface area (Å²) < 4.78 is 14.3. The number of rotatable bonds is 3. The topological polar surface area (TPSA) is 29.1 Å². The quantitative estimate of drug-likeness (QED) is 0.655. The molecule has 0 aromatic heterocycles. The Balaban J connectivity index is 1.94. The molecule has 0 bridgehead atoms. The van der Waals surface area contributed by atoms with Crippen LogP contribution in [0.1, 0.15) is 5.56 Å². The zero-order valence-electron chi connectivity index (χ0n) is 11.2. The van der Waals surface area contributed by atoms with Crippen molar-refractivity contribution in [2.45, 2.75) is 9.79 Å². The van der Waals surface area contributed by atoms with Crippen molar-refractivity contribution in [3.05, 3.63) is 64.8 Å². The minimum absolute atomic E-state index is 0.194. The number of carbonyl (C=O) groups excluding carboxylic acids is 1. The highest BCUT2D eigenvalue weighted by atomic mass is 32.2. The molecule has 0 aliphatic carbocycles. The second-order valence-corrected chi connectivity index (χ2v) is 7.23. The van der Waals surface area contributed by atoms with E-state index in [4.69, 9.17) is 12.2 Å². The average Bonchev–Trinajstić information content (AvgIpc) is 2.81. The highest BCUT2D eigenvalue weighted by Gasteiger charge is 2.22. The molecule has 110 valence electrons. The highest BCUT2D eigenvalue weighted by molar-refractivity contribution is 8.26. The lowest BCUT2D eigenvalue weighted by molar-refractivity contribution is -0.115. The first kappa shape index (κ1) is 15.3. The van der Waals surface area contributed by atoms with E-state index in [1.54, 1.807) is 24.3 Å². The van der Waals surface area contributed by atoms with Gasteiger partial charge in [0, 0.05) is 9.79 Å². The lowest BCUT2D eigenvalue weighted by atomic mass is 10.2. The van der Waals surface area contributed by atoms with E-state index < -0.39 is 0 Å². The fraction of sp³-hybridized carbons (Fsp3) is 0. The number of halogens is 1. The van der Waals surface area contributed by atoms with Gasteiger partial charge in [-0.1, -0.05) is 66.1 Å². The Bertz CT molecular complexity index is 788. The summed E-state index contributed by atoms with van der Waals surface area (Å²) in [6, 6.07) is 14.2. The summed E-state index contributed by atoms with van der Waals surface area (Å²) in [4.78, 5) is 13.7. The smallest absolute Gasteiger partial charge is 0.263 e. The van der Waals surface area contributed by atoms with Crippen LogP contribution in [0.15, 0.2) is 63.2 Å². The maximum atomic E-state index is 13.8. The number of thiocarbonyl (C=S) groups is 1. The van der Waals surface area contributed by atoms with E-state index in [-0.39, 0.29) is 11.7 Å². The number of carbonyl (C=O) groups is 1. The molecule has 0 radical (unpaired) electrons. The van der Waals surface area contributed by atoms with Crippen LogP contribution in [0.2, 0.25) is 0 Å². The Morgan fingerprint density at radius 1 is 1.09 bits per heavy atom. The molecular formula is C16H10FNOS3. The monoisotopic (exact) mass is 347 g/mol. The molecule has 2 nitrogen and oxygen atoms in total. The molecule has 0 atom stereocenters. The molecule has 1 aliphatic rings. The van der Waals surface area contributed by atoms with E-state index in [2.05, 4.69) is 5.32 Å². The third-order valence-corrected chi connectivity index (χ3v) is 5.21. The highest BCUT2D eigenvalue weighted by Crippen LogP contribution is 2.34. The molecule has 0 spiro atoms. The van der Waals surface area contributed by atoms with Gasteiger partial charge >= 0.3 is 0 Å². The Morgan fingerprint density at radius 2 is 1.77 bits per heavy atom. The van der Waals surface area contributed by atoms with Crippen LogP contribution in [0.25, 0.3) is 6.08 Å². The van der Waals surface area contributed by atoms with Gasteiger partial charge in [-0.3, -0.25) is 4.79 Å². The van der Waals surface area contributed by atoms with Gasteiger partial charge in [0.15, 0.2) is 0 Å². The van der Waals surface area contributed by atoms with Crippen LogP contribution in [-0.4, -0.2) is 10.2 Å². The van der Waals surface area contributed by atoms with Gasteiger partial charge in [0.05, 0.1) is 4.91 Å². The SMILES string of the molecule is O=C1NC(=S)SC1=Cc1ccccc1Sc1ccccc1F. The molecule has 6 heteroatoms. The van der Waals surface area contributed by atoms with Crippen molar-refractivity contribution >= 4 is 52.0 Å². The second-order valence-electron chi connectivity index (χ2n) is 4.42. The zero-order valence-corrected chi connectivity index (χ0v) is 13.7. The number of nitrogens with one attached hydrogen (secondary N) is 1. The fourth-order valence-electron chi connectivity index (χ4n) is 1.90. The normalized spacial score (nSPS) is 16.1. The fourth-order valence-corrected chi connectivity index (χ4v) is 3.88. The molecule has 1 fully saturated rings. The van der Waals surface area contributed by atoms with Crippen LogP contribution in [0.5, 0.6) is 0 Å². The molecule has 1 saturated heterocycles. The minimum atomic E-state index is -0.260. The molecule has 0 saturated carbocycles. The maximum Gasteiger partial charge on any atom is 0.263 e. The Labute approximate surface area is 141 Å². The molecule has 2 aromatic rings. The first-order chi connectivity index (χ1) is 10.6. The summed E-state index contributed by atoms with van der Waals surface area (Å²) in [6.45, 7) is 0. The van der Waals surface area contributed by atoms with Gasteiger partial charge in [0.25, 0.3) is 5.91 Å². The lowest BCUT2D eigenvalue weighted by Gasteiger charge is -2.07. The number of thioether (sulfide) groups is 1. The van der Waals surface area contributed by atoms with Crippen molar-refractivity contribution in [3.63, 3.8) is 0 Å². The van der Waals surface area contributed by atoms with Gasteiger partial charge < -0.3 is 5.32 Å². The van der Waals surface area contributed by atoms with E-state index in [9.17, 15) is 9.18 Å². The Kier molecular flexibility index (Phi) is 4.61. The first-order valence-electron chi connectivity index (χ1n) is 6.40. The van der Waals surface area contributed by atoms with Gasteiger partial charge in [0.2, 0.25) is 0 Å². The summed E-state index contributed by atoms with van der Waals surface area (Å²) in [6.07, 6.45) is 1.78. The van der Waals surface area contributed by atoms with Crippen LogP contribution in [0.3, 0.4) is 0 Å². The van der Waals surface area contributed by atoms with Crippen molar-refractivity contribution in [1.82, 2.24) is 5.32 Å². The third kappa shape index (κ3) is 3.40. The van der Waals surface area contributed by atoms with E-state index in [1.807, 2.05) is 24.3 Å². The van der Waals surface area contributed by atoms with Crippen LogP contribution in [0, 0.1) is 5.82 Å². The summed E-state index contributed by atoms with van der Waals surface area (Å²) in [7, 11) is 0. The van der Waals surface area contributed by atoms with Crippen LogP contribution in [-0.2, 0) is 4.79 Å². The van der Waals surface area contributed by atoms with E-state index in [1.165, 1.54) is 29.6 Å². The van der Waals surface area contributed by atoms with Crippen molar-refractivity contribution in [2.24, 2.45) is 0 Å². The molecule has 1 N–H and O–H groups in total. The van der Waals surface area contributed by atoms with Gasteiger partial charge in [0.1, 0.15) is 10.1 Å². The molecular weight excluding hydrogens is 337 g/mol. The van der Waals surface area contributed by atoms with Gasteiger partial charge in [-0.25, -0.2) is 4.39 Å². The summed E-state index contributed by atoms with van der Waals surface area (Å²) >= 11 is 7.55. The van der Waals surface area contributed by atoms with E-state index in [0.29, 0.717) is 14.1 Å². The van der Waals surface area contributed by atoms with Gasteiger partial charge in [-0.05, 0) is 29.8 Å². The molecule has 1 aliphatic heterocycles. The average molecular weight is 347 g/mol. The molecule has 2 aromatic carbocycles. The lowest BCUT2D eigenvalue weighted by Crippen LogP contribution is -2.17. The molecule has 0 unspecified atom stereocenters. The molecule has 22 heavy (non-hydrogen) atoms. The van der Waals surface area contributed by atoms with E-state index in [0.717, 1.165) is 10.5 Å². The maximum absolute atomic E-state index is 13.8. The minimum Gasteiger partial charge on any atom is -0.307 e. The zero-order chi connectivity index (χ0) is 15.5. The third-order valence-electron chi connectivity index (χ3n) is 2.90. The van der Waals surface area contributed by atoms with Crippen LogP contribution >= 0.6 is 35.7 Å². The van der Waals surface area contributed by atoms with Gasteiger partial charge in [-0.15, -0.1) is 0 Å². The first-order valence-corrected chi connectivity index (χ1v) is 8.44. The van der Waals surface area contributed by atoms with Crippen molar-refractivity contribution in [2.75, 3.05) is 0 Å². The summed E-state index contributed by atoms with van der Waals surface area (Å²) in [5.41, 5.74) is 0.859. The number of benzene rings is 2. The largest absolute Gasteiger partial charge is 0.307 e. The Hall–Kier alpha value is -1.63. The van der Waals surface area contributed by atoms with Crippen LogP contribution in [0.4, 0.5) is 4.39 Å². The van der Waals surface area contributed by atoms with Crippen molar-refractivity contribution < 1.29 is 9.18 Å². The molecule has 3 rings (SSSR count). The number of amides is 1. The summed E-state index contributed by atoms with van der Waals surface area (Å²) in [5.74, 6) is -0.454. The number of hydrogen-bond acceptors (Lipinski definition) is 4. The molecule has 1 heterocycles. The predicted octanol–water partition coefficient (Wildman–Crippen LogP) is 4.47.